The van der Waals surface area contributed by atoms with Gasteiger partial charge in [-0.05, 0) is 36.8 Å². The van der Waals surface area contributed by atoms with E-state index < -0.39 is 5.63 Å². The summed E-state index contributed by atoms with van der Waals surface area (Å²) in [6.45, 7) is 1.95. The third kappa shape index (κ3) is 2.33. The summed E-state index contributed by atoms with van der Waals surface area (Å²) in [6, 6.07) is 12.5. The molecule has 4 heteroatoms. The number of rotatable bonds is 1. The molecule has 0 radical (unpaired) electrons. The summed E-state index contributed by atoms with van der Waals surface area (Å²) < 4.78 is 5.37. The lowest BCUT2D eigenvalue weighted by atomic mass is 10.1. The smallest absolute Gasteiger partial charge is 0.344 e. The van der Waals surface area contributed by atoms with Crippen LogP contribution in [0.2, 0.25) is 10.0 Å². The molecule has 0 saturated heterocycles. The molecule has 2 nitrogen and oxygen atoms in total. The van der Waals surface area contributed by atoms with E-state index in [1.807, 2.05) is 25.1 Å². The molecule has 3 rings (SSSR count). The molecule has 0 aliphatic rings. The molecule has 0 aliphatic heterocycles. The van der Waals surface area contributed by atoms with Gasteiger partial charge in [0.15, 0.2) is 0 Å². The highest BCUT2D eigenvalue weighted by Gasteiger charge is 2.11. The molecule has 2 aromatic carbocycles. The van der Waals surface area contributed by atoms with Crippen molar-refractivity contribution in [1.82, 2.24) is 0 Å². The van der Waals surface area contributed by atoms with Gasteiger partial charge in [0.2, 0.25) is 0 Å². The Morgan fingerprint density at radius 1 is 0.950 bits per heavy atom. The van der Waals surface area contributed by atoms with Gasteiger partial charge < -0.3 is 4.42 Å². The quantitative estimate of drug-likeness (QED) is 0.587. The molecular weight excluding hydrogens is 295 g/mol. The topological polar surface area (TPSA) is 30.2 Å². The second-order valence-electron chi connectivity index (χ2n) is 4.61. The Morgan fingerprint density at radius 2 is 1.75 bits per heavy atom. The van der Waals surface area contributed by atoms with Gasteiger partial charge in [0.25, 0.3) is 0 Å². The Kier molecular flexibility index (Phi) is 3.28. The van der Waals surface area contributed by atoms with Crippen LogP contribution in [0.15, 0.2) is 51.7 Å². The van der Waals surface area contributed by atoms with E-state index in [0.29, 0.717) is 26.8 Å². The number of aryl methyl sites for hydroxylation is 1. The second kappa shape index (κ2) is 4.97. The highest BCUT2D eigenvalue weighted by Crippen LogP contribution is 2.30. The molecule has 0 N–H and O–H groups in total. The summed E-state index contributed by atoms with van der Waals surface area (Å²) >= 11 is 12.0. The fourth-order valence-corrected chi connectivity index (χ4v) is 2.62. The first-order chi connectivity index (χ1) is 9.54. The van der Waals surface area contributed by atoms with E-state index in [1.54, 1.807) is 24.3 Å². The summed E-state index contributed by atoms with van der Waals surface area (Å²) in [4.78, 5) is 12.1. The Morgan fingerprint density at radius 3 is 2.50 bits per heavy atom. The van der Waals surface area contributed by atoms with Crippen molar-refractivity contribution in [3.05, 3.63) is 68.5 Å². The van der Waals surface area contributed by atoms with Crippen molar-refractivity contribution >= 4 is 34.2 Å². The maximum atomic E-state index is 12.1. The predicted molar refractivity (Wildman–Crippen MR) is 82.7 cm³/mol. The van der Waals surface area contributed by atoms with Crippen molar-refractivity contribution in [3.8, 4) is 11.1 Å². The summed E-state index contributed by atoms with van der Waals surface area (Å²) in [5.41, 5.74) is 2.25. The van der Waals surface area contributed by atoms with Crippen LogP contribution in [0, 0.1) is 6.92 Å². The van der Waals surface area contributed by atoms with Crippen molar-refractivity contribution in [2.45, 2.75) is 6.92 Å². The standard InChI is InChI=1S/C16H10Cl2O2/c1-9-2-3-10-7-13(16(19)20-15(10)6-9)12-5-4-11(17)8-14(12)18/h2-8H,1H3. The minimum absolute atomic E-state index is 0.410. The van der Waals surface area contributed by atoms with Crippen LogP contribution in [0.25, 0.3) is 22.1 Å². The Labute approximate surface area is 125 Å². The molecule has 0 unspecified atom stereocenters. The normalized spacial score (nSPS) is 10.9. The third-order valence-electron chi connectivity index (χ3n) is 3.11. The number of benzene rings is 2. The average molecular weight is 305 g/mol. The van der Waals surface area contributed by atoms with E-state index in [0.717, 1.165) is 10.9 Å². The van der Waals surface area contributed by atoms with Gasteiger partial charge in [-0.15, -0.1) is 0 Å². The van der Waals surface area contributed by atoms with Gasteiger partial charge >= 0.3 is 5.63 Å². The molecule has 0 saturated carbocycles. The molecule has 0 fully saturated rings. The number of halogens is 2. The van der Waals surface area contributed by atoms with Crippen LogP contribution in [0.1, 0.15) is 5.56 Å². The Bertz CT molecular complexity index is 866. The average Bonchev–Trinajstić information content (AvgIpc) is 2.38. The lowest BCUT2D eigenvalue weighted by Crippen LogP contribution is -2.03. The fourth-order valence-electron chi connectivity index (χ4n) is 2.11. The highest BCUT2D eigenvalue weighted by atomic mass is 35.5. The van der Waals surface area contributed by atoms with Gasteiger partial charge in [-0.1, -0.05) is 41.4 Å². The van der Waals surface area contributed by atoms with E-state index in [4.69, 9.17) is 27.6 Å². The number of hydrogen-bond acceptors (Lipinski definition) is 2. The second-order valence-corrected chi connectivity index (χ2v) is 5.46. The van der Waals surface area contributed by atoms with Gasteiger partial charge in [-0.25, -0.2) is 4.79 Å². The minimum atomic E-state index is -0.410. The van der Waals surface area contributed by atoms with Crippen molar-refractivity contribution in [2.24, 2.45) is 0 Å². The summed E-state index contributed by atoms with van der Waals surface area (Å²) in [7, 11) is 0. The number of hydrogen-bond donors (Lipinski definition) is 0. The summed E-state index contributed by atoms with van der Waals surface area (Å²) in [5.74, 6) is 0. The highest BCUT2D eigenvalue weighted by molar-refractivity contribution is 6.36. The van der Waals surface area contributed by atoms with Crippen molar-refractivity contribution < 1.29 is 4.42 Å². The predicted octanol–water partition coefficient (Wildman–Crippen LogP) is 5.08. The molecule has 1 heterocycles. The summed E-state index contributed by atoms with van der Waals surface area (Å²) in [6.07, 6.45) is 0. The van der Waals surface area contributed by atoms with Crippen molar-refractivity contribution in [3.63, 3.8) is 0 Å². The van der Waals surface area contributed by atoms with Crippen molar-refractivity contribution in [2.75, 3.05) is 0 Å². The number of fused-ring (bicyclic) bond motifs is 1. The van der Waals surface area contributed by atoms with Gasteiger partial charge in [-0.3, -0.25) is 0 Å². The van der Waals surface area contributed by atoms with E-state index in [-0.39, 0.29) is 0 Å². The first-order valence-corrected chi connectivity index (χ1v) is 6.80. The molecule has 0 amide bonds. The molecule has 3 aromatic rings. The van der Waals surface area contributed by atoms with Gasteiger partial charge in [-0.2, -0.15) is 0 Å². The van der Waals surface area contributed by atoms with Crippen LogP contribution >= 0.6 is 23.2 Å². The molecule has 0 bridgehead atoms. The fraction of sp³-hybridized carbons (Fsp3) is 0.0625. The van der Waals surface area contributed by atoms with Gasteiger partial charge in [0.05, 0.1) is 10.6 Å². The SMILES string of the molecule is Cc1ccc2cc(-c3ccc(Cl)cc3Cl)c(=O)oc2c1. The lowest BCUT2D eigenvalue weighted by Gasteiger charge is -2.05. The van der Waals surface area contributed by atoms with Crippen molar-refractivity contribution in [1.29, 1.82) is 0 Å². The molecule has 100 valence electrons. The minimum Gasteiger partial charge on any atom is -0.422 e. The molecule has 1 aromatic heterocycles. The Balaban J connectivity index is 2.28. The largest absolute Gasteiger partial charge is 0.422 e. The van der Waals surface area contributed by atoms with Crippen LogP contribution in [-0.4, -0.2) is 0 Å². The third-order valence-corrected chi connectivity index (χ3v) is 3.66. The molecule has 0 spiro atoms. The molecule has 20 heavy (non-hydrogen) atoms. The zero-order chi connectivity index (χ0) is 14.3. The first kappa shape index (κ1) is 13.2. The van der Waals surface area contributed by atoms with E-state index >= 15 is 0 Å². The van der Waals surface area contributed by atoms with E-state index in [9.17, 15) is 4.79 Å². The first-order valence-electron chi connectivity index (χ1n) is 6.04. The monoisotopic (exact) mass is 304 g/mol. The van der Waals surface area contributed by atoms with Gasteiger partial charge in [0.1, 0.15) is 5.58 Å². The van der Waals surface area contributed by atoms with Crippen LogP contribution in [-0.2, 0) is 0 Å². The maximum absolute atomic E-state index is 12.1. The molecule has 0 atom stereocenters. The lowest BCUT2D eigenvalue weighted by molar-refractivity contribution is 0.563. The molecule has 0 aliphatic carbocycles. The van der Waals surface area contributed by atoms with Crippen LogP contribution in [0.3, 0.4) is 0 Å². The summed E-state index contributed by atoms with van der Waals surface area (Å²) in [5, 5.41) is 1.81. The molecular formula is C16H10Cl2O2. The van der Waals surface area contributed by atoms with E-state index in [2.05, 4.69) is 0 Å². The zero-order valence-electron chi connectivity index (χ0n) is 10.6. The van der Waals surface area contributed by atoms with E-state index in [1.165, 1.54) is 0 Å². The zero-order valence-corrected chi connectivity index (χ0v) is 12.1. The van der Waals surface area contributed by atoms with Crippen LogP contribution < -0.4 is 5.63 Å². The van der Waals surface area contributed by atoms with Crippen LogP contribution in [0.5, 0.6) is 0 Å². The maximum Gasteiger partial charge on any atom is 0.344 e. The van der Waals surface area contributed by atoms with Crippen LogP contribution in [0.4, 0.5) is 0 Å². The van der Waals surface area contributed by atoms with Gasteiger partial charge in [0, 0.05) is 16.0 Å². The Hall–Kier alpha value is -1.77.